The van der Waals surface area contributed by atoms with Crippen LogP contribution in [0.15, 0.2) is 78.2 Å². The monoisotopic (exact) mass is 1070 g/mol. The number of piperazine rings is 1. The fourth-order valence-corrected chi connectivity index (χ4v) is 9.45. The molecule has 2 aromatic carbocycles. The predicted octanol–water partition coefficient (Wildman–Crippen LogP) is 10.7. The van der Waals surface area contributed by atoms with Crippen LogP contribution in [-0.4, -0.2) is 150 Å². The fraction of sp³-hybridized carbons (Fsp3) is 0.629. The maximum absolute atomic E-state index is 11.4. The molecule has 10 rings (SSSR count). The molecule has 0 spiro atoms. The van der Waals surface area contributed by atoms with E-state index in [2.05, 4.69) is 87.2 Å². The summed E-state index contributed by atoms with van der Waals surface area (Å²) < 4.78 is 0. The Hall–Kier alpha value is -5.83. The van der Waals surface area contributed by atoms with E-state index in [9.17, 15) is 28.8 Å². The number of carbonyl (C=O) groups is 6. The van der Waals surface area contributed by atoms with Gasteiger partial charge in [0.2, 0.25) is 29.5 Å². The van der Waals surface area contributed by atoms with Crippen molar-refractivity contribution in [3.8, 4) is 0 Å². The second kappa shape index (κ2) is 34.1. The highest BCUT2D eigenvalue weighted by atomic mass is 16.6. The van der Waals surface area contributed by atoms with Crippen molar-refractivity contribution < 1.29 is 33.6 Å². The van der Waals surface area contributed by atoms with Crippen LogP contribution in [0.4, 0.5) is 0 Å². The van der Waals surface area contributed by atoms with Gasteiger partial charge < -0.3 is 29.3 Å². The molecule has 15 nitrogen and oxygen atoms in total. The van der Waals surface area contributed by atoms with Gasteiger partial charge in [0.15, 0.2) is 0 Å². The molecular formula is C62H102N8O7. The number of carbonyl (C=O) groups excluding carboxylic acids is 6. The number of oxime groups is 1. The molecule has 2 aromatic rings. The third kappa shape index (κ3) is 21.5. The molecule has 0 radical (unpaired) electrons. The molecule has 432 valence electrons. The van der Waals surface area contributed by atoms with Crippen LogP contribution in [-0.2, 0) is 48.4 Å². The number of imide groups is 1. The van der Waals surface area contributed by atoms with Crippen molar-refractivity contribution in [2.45, 2.75) is 173 Å². The molecule has 6 amide bonds. The van der Waals surface area contributed by atoms with Crippen LogP contribution in [0.1, 0.15) is 162 Å². The molecule has 0 N–H and O–H groups in total. The smallest absolute Gasteiger partial charge is 0.254 e. The second-order valence-electron chi connectivity index (χ2n) is 21.5. The van der Waals surface area contributed by atoms with Gasteiger partial charge in [-0.25, -0.2) is 0 Å². The number of hydrogen-bond donors (Lipinski definition) is 0. The zero-order valence-corrected chi connectivity index (χ0v) is 51.4. The number of fused-ring (bicyclic) bond motifs is 2. The van der Waals surface area contributed by atoms with Gasteiger partial charge in [0.05, 0.1) is 5.71 Å². The number of likely N-dealkylation sites (N-methyl/N-ethyl adjacent to an activating group) is 2. The van der Waals surface area contributed by atoms with Crippen molar-refractivity contribution in [2.24, 2.45) is 34.7 Å². The molecule has 8 atom stereocenters. The topological polar surface area (TPSA) is 147 Å². The lowest BCUT2D eigenvalue weighted by Crippen LogP contribution is -2.60. The predicted molar refractivity (Wildman–Crippen MR) is 314 cm³/mol. The molecule has 0 aromatic heterocycles. The zero-order chi connectivity index (χ0) is 59.0. The Morgan fingerprint density at radius 3 is 1.25 bits per heavy atom. The summed E-state index contributed by atoms with van der Waals surface area (Å²) in [6.07, 6.45) is 8.24. The minimum absolute atomic E-state index is 0.00426. The summed E-state index contributed by atoms with van der Waals surface area (Å²) in [6.45, 7) is 38.0. The molecule has 7 aliphatic heterocycles. The highest BCUT2D eigenvalue weighted by molar-refractivity contribution is 6.03. The van der Waals surface area contributed by atoms with E-state index >= 15 is 0 Å². The van der Waals surface area contributed by atoms with Crippen molar-refractivity contribution in [2.75, 3.05) is 55.9 Å². The number of benzene rings is 2. The SMILES string of the molecule is C=C1C(C)CCN1C.C=C1CC(C)C(=O)N1C.CC.CC.CC1=NOC(C)C1.CC1C(=O)N(C)C(C)C(=O)N1C.CC1CC(=O)N(C)C1=O.CC1CCC(C)C1.CN1Cc2ccccc2C1.CN1Cc2ccccc2C1=O. The van der Waals surface area contributed by atoms with Crippen LogP contribution in [0, 0.1) is 29.6 Å². The highest BCUT2D eigenvalue weighted by Gasteiger charge is 2.37. The van der Waals surface area contributed by atoms with Gasteiger partial charge in [0.25, 0.3) is 5.91 Å². The summed E-state index contributed by atoms with van der Waals surface area (Å²) in [4.78, 5) is 83.6. The van der Waals surface area contributed by atoms with Gasteiger partial charge in [0.1, 0.15) is 18.2 Å². The van der Waals surface area contributed by atoms with Crippen molar-refractivity contribution in [1.82, 2.24) is 34.3 Å². The summed E-state index contributed by atoms with van der Waals surface area (Å²) in [6, 6.07) is 15.7. The minimum atomic E-state index is -0.321. The third-order valence-electron chi connectivity index (χ3n) is 14.8. The molecule has 77 heavy (non-hydrogen) atoms. The lowest BCUT2D eigenvalue weighted by molar-refractivity contribution is -0.156. The van der Waals surface area contributed by atoms with Gasteiger partial charge in [-0.2, -0.15) is 0 Å². The van der Waals surface area contributed by atoms with Gasteiger partial charge in [-0.1, -0.05) is 136 Å². The van der Waals surface area contributed by atoms with Gasteiger partial charge in [0, 0.05) is 110 Å². The summed E-state index contributed by atoms with van der Waals surface area (Å²) in [5.74, 6) is 3.05. The molecular weight excluding hydrogens is 969 g/mol. The Kier molecular flexibility index (Phi) is 30.7. The molecule has 8 aliphatic rings. The molecule has 0 bridgehead atoms. The van der Waals surface area contributed by atoms with Crippen LogP contribution < -0.4 is 0 Å². The van der Waals surface area contributed by atoms with Crippen molar-refractivity contribution in [1.29, 1.82) is 0 Å². The number of likely N-dealkylation sites (tertiary alicyclic amines) is 3. The van der Waals surface area contributed by atoms with Crippen molar-refractivity contribution in [3.63, 3.8) is 0 Å². The first kappa shape index (κ1) is 69.2. The molecule has 15 heteroatoms. The summed E-state index contributed by atoms with van der Waals surface area (Å²) in [5.41, 5.74) is 8.31. The lowest BCUT2D eigenvalue weighted by Gasteiger charge is -2.38. The van der Waals surface area contributed by atoms with Crippen LogP contribution in [0.25, 0.3) is 0 Å². The molecule has 5 fully saturated rings. The summed E-state index contributed by atoms with van der Waals surface area (Å²) in [5, 5.41) is 3.73. The Bertz CT molecular complexity index is 2150. The van der Waals surface area contributed by atoms with E-state index in [0.29, 0.717) is 12.5 Å². The number of amides is 6. The van der Waals surface area contributed by atoms with Crippen LogP contribution in [0.3, 0.4) is 0 Å². The second-order valence-corrected chi connectivity index (χ2v) is 21.5. The normalized spacial score (nSPS) is 25.5. The molecule has 1 saturated carbocycles. The number of rotatable bonds is 0. The lowest BCUT2D eigenvalue weighted by atomic mass is 10.1. The molecule has 8 unspecified atom stereocenters. The summed E-state index contributed by atoms with van der Waals surface area (Å²) >= 11 is 0. The Balaban J connectivity index is 0.000000438. The molecule has 1 aliphatic carbocycles. The first-order valence-electron chi connectivity index (χ1n) is 28.1. The van der Waals surface area contributed by atoms with E-state index < -0.39 is 0 Å². The fourth-order valence-electron chi connectivity index (χ4n) is 9.45. The van der Waals surface area contributed by atoms with Crippen LogP contribution in [0.5, 0.6) is 0 Å². The number of allylic oxidation sites excluding steroid dienone is 2. The average Bonchev–Trinajstić information content (AvgIpc) is 4.30. The maximum atomic E-state index is 11.4. The van der Waals surface area contributed by atoms with Crippen molar-refractivity contribution >= 4 is 41.2 Å². The third-order valence-corrected chi connectivity index (χ3v) is 14.8. The average molecular weight is 1070 g/mol. The van der Waals surface area contributed by atoms with Gasteiger partial charge in [-0.05, 0) is 94.5 Å². The highest BCUT2D eigenvalue weighted by Crippen LogP contribution is 2.29. The van der Waals surface area contributed by atoms with E-state index in [0.717, 1.165) is 72.8 Å². The first-order valence-corrected chi connectivity index (χ1v) is 28.1. The number of hydrogen-bond acceptors (Lipinski definition) is 10. The molecule has 4 saturated heterocycles. The van der Waals surface area contributed by atoms with Crippen LogP contribution in [0.2, 0.25) is 0 Å². The first-order chi connectivity index (χ1) is 36.2. The maximum Gasteiger partial charge on any atom is 0.254 e. The van der Waals surface area contributed by atoms with E-state index in [1.807, 2.05) is 79.8 Å². The van der Waals surface area contributed by atoms with E-state index in [4.69, 9.17) is 4.84 Å². The van der Waals surface area contributed by atoms with Gasteiger partial charge >= 0.3 is 0 Å². The molecule has 7 heterocycles. The van der Waals surface area contributed by atoms with Crippen molar-refractivity contribution in [3.05, 3.63) is 95.3 Å². The Labute approximate surface area is 466 Å². The largest absolute Gasteiger partial charge is 0.392 e. The van der Waals surface area contributed by atoms with E-state index in [-0.39, 0.29) is 59.4 Å². The van der Waals surface area contributed by atoms with E-state index in [1.54, 1.807) is 51.7 Å². The number of nitrogens with zero attached hydrogens (tertiary/aromatic N) is 8. The summed E-state index contributed by atoms with van der Waals surface area (Å²) in [7, 11) is 12.7. The minimum Gasteiger partial charge on any atom is -0.392 e. The standard InChI is InChI=1S/C9H9NO.C9H11N.C8H14N2O2.C7H11NO.C7H13N.C7H14.C6H9NO2.C5H9NO.2C2H6/c1-10-6-7-4-2-3-5-8(7)9(10)11;1-10-6-8-4-2-3-5-9(8)7-10;1-5-7(11)10(4)6(2)8(12)9(5)3;1-5-4-6(2)8(3)7(5)9;1-6-4-5-8(3)7(6)2;1-6-3-4-7(2)5-6;1-4-3-5(8)7(2)6(4)9;1-4-3-5(2)7-6-4;2*1-2/h2-5H,6H2,1H3;2-5H,6-7H2,1H3;5-6H,1-4H3;5H,2,4H2,1,3H3;6H,2,4-5H2,1,3H3;6-7H,3-5H2,1-2H3;4H,3H2,1-2H3;5H,3H2,1-2H3;2*1-2H3. The van der Waals surface area contributed by atoms with Crippen LogP contribution >= 0.6 is 0 Å². The Morgan fingerprint density at radius 2 is 0.987 bits per heavy atom. The quantitative estimate of drug-likeness (QED) is 0.235. The van der Waals surface area contributed by atoms with Gasteiger partial charge in [-0.3, -0.25) is 38.6 Å². The van der Waals surface area contributed by atoms with Gasteiger partial charge in [-0.15, -0.1) is 0 Å². The Morgan fingerprint density at radius 1 is 0.532 bits per heavy atom. The van der Waals surface area contributed by atoms with E-state index in [1.165, 1.54) is 70.8 Å². The zero-order valence-electron chi connectivity index (χ0n) is 51.4.